The minimum atomic E-state index is -0.181. The molecule has 1 rings (SSSR count). The molecule has 0 saturated heterocycles. The van der Waals surface area contributed by atoms with Crippen LogP contribution < -0.4 is 10.1 Å². The highest BCUT2D eigenvalue weighted by Gasteiger charge is 2.27. The lowest BCUT2D eigenvalue weighted by molar-refractivity contribution is 0.129. The summed E-state index contributed by atoms with van der Waals surface area (Å²) in [6.45, 7) is 11.4. The van der Waals surface area contributed by atoms with Gasteiger partial charge in [0.2, 0.25) is 0 Å². The average molecular weight is 293 g/mol. The Morgan fingerprint density at radius 1 is 1.19 bits per heavy atom. The van der Waals surface area contributed by atoms with Gasteiger partial charge >= 0.3 is 0 Å². The molecule has 1 atom stereocenters. The van der Waals surface area contributed by atoms with E-state index in [-0.39, 0.29) is 12.1 Å². The van der Waals surface area contributed by atoms with Gasteiger partial charge in [-0.05, 0) is 56.4 Å². The third-order valence-corrected chi connectivity index (χ3v) is 3.84. The number of rotatable bonds is 9. The Labute approximate surface area is 129 Å². The van der Waals surface area contributed by atoms with Gasteiger partial charge < -0.3 is 15.2 Å². The van der Waals surface area contributed by atoms with Crippen LogP contribution in [0.1, 0.15) is 51.2 Å². The molecule has 0 heterocycles. The summed E-state index contributed by atoms with van der Waals surface area (Å²) in [6, 6.07) is 6.65. The number of aliphatic hydroxyl groups excluding tert-OH is 1. The van der Waals surface area contributed by atoms with Crippen molar-refractivity contribution in [3.8, 4) is 5.75 Å². The summed E-state index contributed by atoms with van der Waals surface area (Å²) in [5.41, 5.74) is 2.27. The summed E-state index contributed by atoms with van der Waals surface area (Å²) < 4.78 is 5.85. The third-order valence-electron chi connectivity index (χ3n) is 3.84. The molecule has 2 N–H and O–H groups in total. The summed E-state index contributed by atoms with van der Waals surface area (Å²) in [4.78, 5) is 0. The number of hydrogen-bond acceptors (Lipinski definition) is 3. The second-order valence-electron chi connectivity index (χ2n) is 6.37. The maximum Gasteiger partial charge on any atom is 0.119 e. The SMILES string of the molecule is CCC(CO)(CCCOc1cc(C)cc(C)c1)NC(C)C. The van der Waals surface area contributed by atoms with Crippen LogP contribution in [-0.2, 0) is 0 Å². The maximum atomic E-state index is 9.71. The van der Waals surface area contributed by atoms with Crippen LogP contribution in [0.2, 0.25) is 0 Å². The molecular formula is C18H31NO2. The first-order chi connectivity index (χ1) is 9.90. The molecule has 1 unspecified atom stereocenters. The molecule has 0 radical (unpaired) electrons. The molecule has 3 nitrogen and oxygen atoms in total. The molecular weight excluding hydrogens is 262 g/mol. The van der Waals surface area contributed by atoms with Gasteiger partial charge in [0, 0.05) is 11.6 Å². The van der Waals surface area contributed by atoms with Gasteiger partial charge in [-0.25, -0.2) is 0 Å². The molecule has 0 aliphatic rings. The van der Waals surface area contributed by atoms with Crippen molar-refractivity contribution in [2.75, 3.05) is 13.2 Å². The van der Waals surface area contributed by atoms with Gasteiger partial charge in [0.25, 0.3) is 0 Å². The highest BCUT2D eigenvalue weighted by atomic mass is 16.5. The predicted molar refractivity (Wildman–Crippen MR) is 89.0 cm³/mol. The number of ether oxygens (including phenoxy) is 1. The van der Waals surface area contributed by atoms with Crippen molar-refractivity contribution in [2.45, 2.75) is 65.5 Å². The molecule has 1 aromatic rings. The van der Waals surface area contributed by atoms with E-state index >= 15 is 0 Å². The van der Waals surface area contributed by atoms with E-state index in [1.54, 1.807) is 0 Å². The van der Waals surface area contributed by atoms with Crippen LogP contribution in [0, 0.1) is 13.8 Å². The second-order valence-corrected chi connectivity index (χ2v) is 6.37. The van der Waals surface area contributed by atoms with Crippen LogP contribution in [-0.4, -0.2) is 29.9 Å². The molecule has 21 heavy (non-hydrogen) atoms. The second kappa shape index (κ2) is 8.40. The fraction of sp³-hybridized carbons (Fsp3) is 0.667. The quantitative estimate of drug-likeness (QED) is 0.684. The van der Waals surface area contributed by atoms with Gasteiger partial charge in [-0.1, -0.05) is 26.8 Å². The third kappa shape index (κ3) is 6.06. The minimum absolute atomic E-state index is 0.172. The van der Waals surface area contributed by atoms with Crippen molar-refractivity contribution in [1.29, 1.82) is 0 Å². The van der Waals surface area contributed by atoms with Gasteiger partial charge in [-0.15, -0.1) is 0 Å². The number of benzene rings is 1. The number of aliphatic hydroxyl groups is 1. The summed E-state index contributed by atoms with van der Waals surface area (Å²) in [7, 11) is 0. The Morgan fingerprint density at radius 2 is 1.81 bits per heavy atom. The lowest BCUT2D eigenvalue weighted by Gasteiger charge is -2.34. The standard InChI is InChI=1S/C18H31NO2/c1-6-18(13-20,19-14(2)3)8-7-9-21-17-11-15(4)10-16(5)12-17/h10-12,14,19-20H,6-9,13H2,1-5H3. The number of hydrogen-bond donors (Lipinski definition) is 2. The van der Waals surface area contributed by atoms with E-state index < -0.39 is 0 Å². The highest BCUT2D eigenvalue weighted by molar-refractivity contribution is 5.32. The van der Waals surface area contributed by atoms with E-state index in [1.165, 1.54) is 11.1 Å². The Bertz CT molecular complexity index is 405. The smallest absolute Gasteiger partial charge is 0.119 e. The zero-order valence-electron chi connectivity index (χ0n) is 14.2. The van der Waals surface area contributed by atoms with E-state index in [9.17, 15) is 5.11 Å². The van der Waals surface area contributed by atoms with Gasteiger partial charge in [0.05, 0.1) is 13.2 Å². The fourth-order valence-corrected chi connectivity index (χ4v) is 2.82. The highest BCUT2D eigenvalue weighted by Crippen LogP contribution is 2.20. The summed E-state index contributed by atoms with van der Waals surface area (Å²) in [5, 5.41) is 13.2. The van der Waals surface area contributed by atoms with Gasteiger partial charge in [0.15, 0.2) is 0 Å². The summed E-state index contributed by atoms with van der Waals surface area (Å²) in [5.74, 6) is 0.940. The Balaban J connectivity index is 2.47. The van der Waals surface area contributed by atoms with Crippen LogP contribution in [0.4, 0.5) is 0 Å². The monoisotopic (exact) mass is 293 g/mol. The molecule has 0 saturated carbocycles. The normalized spacial score (nSPS) is 14.2. The van der Waals surface area contributed by atoms with Crippen molar-refractivity contribution < 1.29 is 9.84 Å². The van der Waals surface area contributed by atoms with Gasteiger partial charge in [0.1, 0.15) is 5.75 Å². The van der Waals surface area contributed by atoms with Gasteiger partial charge in [-0.3, -0.25) is 0 Å². The topological polar surface area (TPSA) is 41.5 Å². The van der Waals surface area contributed by atoms with Crippen LogP contribution in [0.3, 0.4) is 0 Å². The average Bonchev–Trinajstić information content (AvgIpc) is 2.41. The molecule has 0 fully saturated rings. The van der Waals surface area contributed by atoms with Crippen molar-refractivity contribution in [1.82, 2.24) is 5.32 Å². The summed E-state index contributed by atoms with van der Waals surface area (Å²) in [6.07, 6.45) is 2.77. The molecule has 0 aliphatic heterocycles. The first kappa shape index (κ1) is 18.0. The van der Waals surface area contributed by atoms with E-state index in [1.807, 2.05) is 0 Å². The van der Waals surface area contributed by atoms with Crippen LogP contribution in [0.15, 0.2) is 18.2 Å². The molecule has 120 valence electrons. The molecule has 0 spiro atoms. The van der Waals surface area contributed by atoms with Crippen LogP contribution in [0.25, 0.3) is 0 Å². The number of aryl methyl sites for hydroxylation is 2. The zero-order chi connectivity index (χ0) is 15.9. The van der Waals surface area contributed by atoms with E-state index in [0.717, 1.165) is 25.0 Å². The molecule has 0 aliphatic carbocycles. The van der Waals surface area contributed by atoms with E-state index in [4.69, 9.17) is 4.74 Å². The molecule has 0 amide bonds. The van der Waals surface area contributed by atoms with Crippen molar-refractivity contribution >= 4 is 0 Å². The Morgan fingerprint density at radius 3 is 2.29 bits per heavy atom. The fourth-order valence-electron chi connectivity index (χ4n) is 2.82. The van der Waals surface area contributed by atoms with Crippen LogP contribution in [0.5, 0.6) is 5.75 Å². The van der Waals surface area contributed by atoms with E-state index in [2.05, 4.69) is 58.1 Å². The number of nitrogens with one attached hydrogen (secondary N) is 1. The van der Waals surface area contributed by atoms with E-state index in [0.29, 0.717) is 12.6 Å². The van der Waals surface area contributed by atoms with Crippen molar-refractivity contribution in [3.63, 3.8) is 0 Å². The molecule has 0 bridgehead atoms. The zero-order valence-corrected chi connectivity index (χ0v) is 14.2. The Kier molecular flexibility index (Phi) is 7.20. The van der Waals surface area contributed by atoms with Crippen molar-refractivity contribution in [3.05, 3.63) is 29.3 Å². The van der Waals surface area contributed by atoms with Crippen molar-refractivity contribution in [2.24, 2.45) is 0 Å². The molecule has 3 heteroatoms. The predicted octanol–water partition coefficient (Wildman–Crippen LogP) is 3.60. The Hall–Kier alpha value is -1.06. The maximum absolute atomic E-state index is 9.71. The first-order valence-corrected chi connectivity index (χ1v) is 8.00. The molecule has 0 aromatic heterocycles. The molecule has 1 aromatic carbocycles. The first-order valence-electron chi connectivity index (χ1n) is 8.00. The summed E-state index contributed by atoms with van der Waals surface area (Å²) >= 11 is 0. The largest absolute Gasteiger partial charge is 0.494 e. The lowest BCUT2D eigenvalue weighted by atomic mass is 9.90. The minimum Gasteiger partial charge on any atom is -0.494 e. The van der Waals surface area contributed by atoms with Crippen LogP contribution >= 0.6 is 0 Å². The van der Waals surface area contributed by atoms with Gasteiger partial charge in [-0.2, -0.15) is 0 Å². The lowest BCUT2D eigenvalue weighted by Crippen LogP contribution is -2.51.